The zero-order chi connectivity index (χ0) is 39.0. The molecule has 0 aliphatic carbocycles. The molecule has 0 atom stereocenters. The molecule has 0 unspecified atom stereocenters. The van der Waals surface area contributed by atoms with Crippen molar-refractivity contribution < 1.29 is 61.5 Å². The van der Waals surface area contributed by atoms with E-state index in [-0.39, 0.29) is 87.9 Å². The number of carboxylic acids is 2. The van der Waals surface area contributed by atoms with Crippen molar-refractivity contribution in [3.05, 3.63) is 77.9 Å². The number of aliphatic carboxylic acids is 2. The van der Waals surface area contributed by atoms with Crippen LogP contribution in [0, 0.1) is 0 Å². The molecule has 18 heteroatoms. The molecule has 1 aromatic heterocycles. The number of hydrogen-bond acceptors (Lipinski definition) is 13. The van der Waals surface area contributed by atoms with Gasteiger partial charge in [0.1, 0.15) is 36.3 Å². The maximum atomic E-state index is 13.0. The molecule has 3 aromatic rings. The molecule has 0 radical (unpaired) electrons. The van der Waals surface area contributed by atoms with Crippen LogP contribution in [0.5, 0.6) is 11.5 Å². The van der Waals surface area contributed by atoms with Crippen molar-refractivity contribution in [1.29, 1.82) is 0 Å². The van der Waals surface area contributed by atoms with Gasteiger partial charge in [-0.3, -0.25) is 14.4 Å². The topological polar surface area (TPSA) is 239 Å². The normalized spacial score (nSPS) is 11.2. The van der Waals surface area contributed by atoms with Crippen molar-refractivity contribution in [2.75, 3.05) is 65.9 Å². The average molecular weight is 775 g/mol. The van der Waals surface area contributed by atoms with Gasteiger partial charge in [0.05, 0.1) is 50.1 Å². The number of nitrogens with zero attached hydrogens (tertiary/aromatic N) is 2. The number of carbonyl (C=O) groups excluding carboxylic acids is 2. The van der Waals surface area contributed by atoms with Crippen LogP contribution in [-0.4, -0.2) is 118 Å². The Kier molecular flexibility index (Phi) is 19.6. The summed E-state index contributed by atoms with van der Waals surface area (Å²) in [5.41, 5.74) is 1.26. The van der Waals surface area contributed by atoms with E-state index in [0.717, 1.165) is 24.8 Å². The van der Waals surface area contributed by atoms with E-state index < -0.39 is 40.0 Å². The number of unbranched alkanes of at least 4 members (excludes halogenated alkanes) is 2. The Morgan fingerprint density at radius 3 is 1.83 bits per heavy atom. The molecule has 4 N–H and O–H groups in total. The molecule has 1 heterocycles. The zero-order valence-corrected chi connectivity index (χ0v) is 30.6. The maximum Gasteiger partial charge on any atom is 0.329 e. The molecule has 0 saturated carbocycles. The Bertz CT molecular complexity index is 1710. The van der Waals surface area contributed by atoms with E-state index in [4.69, 9.17) is 33.9 Å². The van der Waals surface area contributed by atoms with Gasteiger partial charge in [0.2, 0.25) is 5.91 Å². The minimum Gasteiger partial charge on any atom is -0.481 e. The Morgan fingerprint density at radius 1 is 0.648 bits per heavy atom. The van der Waals surface area contributed by atoms with E-state index in [9.17, 15) is 27.6 Å². The number of benzene rings is 2. The van der Waals surface area contributed by atoms with Crippen molar-refractivity contribution in [3.63, 3.8) is 0 Å². The van der Waals surface area contributed by atoms with Gasteiger partial charge < -0.3 is 44.5 Å². The Labute approximate surface area is 313 Å². The van der Waals surface area contributed by atoms with Gasteiger partial charge in [0, 0.05) is 31.9 Å². The van der Waals surface area contributed by atoms with Gasteiger partial charge in [0.15, 0.2) is 9.84 Å². The number of sulfone groups is 1. The van der Waals surface area contributed by atoms with Crippen molar-refractivity contribution in [1.82, 2.24) is 20.6 Å². The first-order valence-corrected chi connectivity index (χ1v) is 18.9. The fourth-order valence-corrected chi connectivity index (χ4v) is 5.78. The van der Waals surface area contributed by atoms with Crippen LogP contribution in [-0.2, 0) is 55.3 Å². The predicted octanol–water partition coefficient (Wildman–Crippen LogP) is 2.43. The summed E-state index contributed by atoms with van der Waals surface area (Å²) < 4.78 is 52.5. The molecule has 17 nitrogen and oxygen atoms in total. The van der Waals surface area contributed by atoms with Gasteiger partial charge >= 0.3 is 11.9 Å². The van der Waals surface area contributed by atoms with Crippen molar-refractivity contribution >= 4 is 33.6 Å². The van der Waals surface area contributed by atoms with E-state index in [1.54, 1.807) is 12.1 Å². The summed E-state index contributed by atoms with van der Waals surface area (Å²) in [4.78, 5) is 53.3. The monoisotopic (exact) mass is 774 g/mol. The van der Waals surface area contributed by atoms with Gasteiger partial charge in [-0.1, -0.05) is 18.6 Å². The van der Waals surface area contributed by atoms with Crippen molar-refractivity contribution in [2.24, 2.45) is 0 Å². The number of aromatic nitrogens is 2. The Balaban J connectivity index is 1.27. The number of rotatable bonds is 28. The average Bonchev–Trinajstić information content (AvgIpc) is 3.14. The van der Waals surface area contributed by atoms with Crippen LogP contribution in [0.15, 0.2) is 65.8 Å². The molecule has 3 rings (SSSR count). The molecular formula is C36H46N4O13S. The molecule has 294 valence electrons. The van der Waals surface area contributed by atoms with Crippen LogP contribution in [0.25, 0.3) is 0 Å². The highest BCUT2D eigenvalue weighted by Crippen LogP contribution is 2.25. The van der Waals surface area contributed by atoms with E-state index in [0.29, 0.717) is 17.9 Å². The molecule has 0 aliphatic heterocycles. The molecule has 0 saturated heterocycles. The lowest BCUT2D eigenvalue weighted by Gasteiger charge is -2.09. The summed E-state index contributed by atoms with van der Waals surface area (Å²) in [5.74, 6) is -2.02. The van der Waals surface area contributed by atoms with E-state index in [1.807, 2.05) is 24.3 Å². The summed E-state index contributed by atoms with van der Waals surface area (Å²) >= 11 is 0. The minimum absolute atomic E-state index is 0.0271. The number of ether oxygens (including phenoxy) is 5. The van der Waals surface area contributed by atoms with Crippen LogP contribution in [0.3, 0.4) is 0 Å². The maximum absolute atomic E-state index is 13.0. The minimum atomic E-state index is -3.79. The first-order chi connectivity index (χ1) is 26.0. The van der Waals surface area contributed by atoms with E-state index in [2.05, 4.69) is 20.6 Å². The van der Waals surface area contributed by atoms with Gasteiger partial charge in [-0.2, -0.15) is 0 Å². The second kappa shape index (κ2) is 24.3. The molecular weight excluding hydrogens is 728 g/mol. The first-order valence-electron chi connectivity index (χ1n) is 17.2. The predicted molar refractivity (Wildman–Crippen MR) is 192 cm³/mol. The molecule has 0 spiro atoms. The highest BCUT2D eigenvalue weighted by molar-refractivity contribution is 7.90. The molecule has 0 aliphatic rings. The zero-order valence-electron chi connectivity index (χ0n) is 29.8. The first kappa shape index (κ1) is 43.4. The standard InChI is InChI=1S/C36H46N4O13S/c41-33(37-14-16-49-19-21-52-25-35(44)45)24-51-20-18-50-17-15-38-36(46)28-22-39-32(40-23-28)26-54(47,48)31-12-10-30(11-13-31)53-29-8-6-27(7-9-29)4-2-1-3-5-34(42)43/h6-13,22-23H,1-5,14-21,24-26H2,(H,37,41)(H,38,46)(H,42,43)(H,44,45). The second-order valence-electron chi connectivity index (χ2n) is 11.6. The van der Waals surface area contributed by atoms with Crippen LogP contribution < -0.4 is 15.4 Å². The van der Waals surface area contributed by atoms with Crippen LogP contribution >= 0.6 is 0 Å². The number of nitrogens with one attached hydrogen (secondary N) is 2. The fourth-order valence-electron chi connectivity index (χ4n) is 4.57. The molecule has 54 heavy (non-hydrogen) atoms. The number of carbonyl (C=O) groups is 4. The lowest BCUT2D eigenvalue weighted by atomic mass is 10.1. The van der Waals surface area contributed by atoms with Gasteiger partial charge in [0.25, 0.3) is 5.91 Å². The third-order valence-electron chi connectivity index (χ3n) is 7.29. The van der Waals surface area contributed by atoms with Crippen LogP contribution in [0.4, 0.5) is 0 Å². The number of hydrogen-bond donors (Lipinski definition) is 4. The fraction of sp³-hybridized carbons (Fsp3) is 0.444. The second-order valence-corrected chi connectivity index (χ2v) is 13.6. The lowest BCUT2D eigenvalue weighted by molar-refractivity contribution is -0.143. The summed E-state index contributed by atoms with van der Waals surface area (Å²) in [6.07, 6.45) is 5.91. The van der Waals surface area contributed by atoms with Crippen LogP contribution in [0.1, 0.15) is 47.4 Å². The SMILES string of the molecule is O=C(O)CCCCCc1ccc(Oc2ccc(S(=O)(=O)Cc3ncc(C(=O)NCCOCCOCC(=O)NCCOCCOCC(=O)O)cn3)cc2)cc1. The van der Waals surface area contributed by atoms with E-state index in [1.165, 1.54) is 24.5 Å². The third-order valence-corrected chi connectivity index (χ3v) is 8.92. The molecule has 2 aromatic carbocycles. The van der Waals surface area contributed by atoms with Crippen LogP contribution in [0.2, 0.25) is 0 Å². The number of carboxylic acid groups (broad SMARTS) is 2. The summed E-state index contributed by atoms with van der Waals surface area (Å²) in [5, 5.41) is 22.4. The summed E-state index contributed by atoms with van der Waals surface area (Å²) in [6, 6.07) is 13.5. The van der Waals surface area contributed by atoms with Gasteiger partial charge in [-0.25, -0.2) is 23.2 Å². The molecule has 0 fully saturated rings. The van der Waals surface area contributed by atoms with Crippen molar-refractivity contribution in [3.8, 4) is 11.5 Å². The smallest absolute Gasteiger partial charge is 0.329 e. The number of amides is 2. The quantitative estimate of drug-likeness (QED) is 0.0775. The molecule has 0 bridgehead atoms. The third kappa shape index (κ3) is 18.2. The van der Waals surface area contributed by atoms with Gasteiger partial charge in [-0.05, 0) is 61.2 Å². The number of aryl methyl sites for hydroxylation is 1. The Morgan fingerprint density at radius 2 is 1.22 bits per heavy atom. The van der Waals surface area contributed by atoms with Gasteiger partial charge in [-0.15, -0.1) is 0 Å². The highest BCUT2D eigenvalue weighted by Gasteiger charge is 2.18. The lowest BCUT2D eigenvalue weighted by Crippen LogP contribution is -2.31. The largest absolute Gasteiger partial charge is 0.481 e. The van der Waals surface area contributed by atoms with E-state index >= 15 is 0 Å². The summed E-state index contributed by atoms with van der Waals surface area (Å²) in [6.45, 7) is 1.000. The summed E-state index contributed by atoms with van der Waals surface area (Å²) in [7, 11) is -3.79. The Hall–Kier alpha value is -5.01. The molecule has 2 amide bonds. The highest BCUT2D eigenvalue weighted by atomic mass is 32.2. The van der Waals surface area contributed by atoms with Crippen molar-refractivity contribution in [2.45, 2.75) is 42.8 Å².